The van der Waals surface area contributed by atoms with Crippen LogP contribution in [0.3, 0.4) is 0 Å². The Hall–Kier alpha value is -1.54. The molecule has 2 nitrogen and oxygen atoms in total. The van der Waals surface area contributed by atoms with Gasteiger partial charge in [-0.05, 0) is 29.2 Å². The molecule has 2 heteroatoms. The van der Waals surface area contributed by atoms with Gasteiger partial charge in [-0.25, -0.2) is 0 Å². The number of hydrogen-bond acceptors (Lipinski definition) is 2. The Morgan fingerprint density at radius 1 is 1.12 bits per heavy atom. The number of phenols is 1. The van der Waals surface area contributed by atoms with Crippen molar-refractivity contribution in [1.29, 1.82) is 0 Å². The van der Waals surface area contributed by atoms with Crippen LogP contribution in [0.4, 0.5) is 0 Å². The van der Waals surface area contributed by atoms with E-state index in [-0.39, 0.29) is 6.04 Å². The van der Waals surface area contributed by atoms with Crippen LogP contribution in [0.1, 0.15) is 19.4 Å². The molecule has 90 valence electrons. The summed E-state index contributed by atoms with van der Waals surface area (Å²) in [6.07, 6.45) is 0.713. The van der Waals surface area contributed by atoms with E-state index in [0.29, 0.717) is 18.1 Å². The highest BCUT2D eigenvalue weighted by molar-refractivity contribution is 5.87. The van der Waals surface area contributed by atoms with Crippen molar-refractivity contribution in [3.8, 4) is 5.75 Å². The third kappa shape index (κ3) is 2.42. The van der Waals surface area contributed by atoms with Crippen molar-refractivity contribution in [2.24, 2.45) is 11.7 Å². The number of fused-ring (bicyclic) bond motifs is 1. The maximum atomic E-state index is 9.98. The minimum atomic E-state index is 0.0757. The van der Waals surface area contributed by atoms with E-state index in [1.807, 2.05) is 24.3 Å². The topological polar surface area (TPSA) is 46.2 Å². The highest BCUT2D eigenvalue weighted by Gasteiger charge is 2.13. The van der Waals surface area contributed by atoms with Gasteiger partial charge in [0.15, 0.2) is 0 Å². The van der Waals surface area contributed by atoms with E-state index in [2.05, 4.69) is 19.9 Å². The Kier molecular flexibility index (Phi) is 3.34. The Morgan fingerprint density at radius 2 is 1.82 bits per heavy atom. The summed E-state index contributed by atoms with van der Waals surface area (Å²) in [7, 11) is 0. The second-order valence-electron chi connectivity index (χ2n) is 4.90. The first-order valence-electron chi connectivity index (χ1n) is 6.04. The lowest BCUT2D eigenvalue weighted by molar-refractivity contribution is 0.450. The van der Waals surface area contributed by atoms with Gasteiger partial charge < -0.3 is 10.8 Å². The van der Waals surface area contributed by atoms with Crippen molar-refractivity contribution in [2.45, 2.75) is 26.3 Å². The van der Waals surface area contributed by atoms with Crippen LogP contribution in [0.5, 0.6) is 5.75 Å². The van der Waals surface area contributed by atoms with E-state index < -0.39 is 0 Å². The molecule has 0 radical (unpaired) electrons. The summed E-state index contributed by atoms with van der Waals surface area (Å²) in [4.78, 5) is 0. The molecule has 1 atom stereocenters. The first-order valence-corrected chi connectivity index (χ1v) is 6.04. The number of aromatic hydroxyl groups is 1. The zero-order valence-corrected chi connectivity index (χ0v) is 10.4. The molecule has 0 bridgehead atoms. The predicted octanol–water partition coefficient (Wildman–Crippen LogP) is 3.07. The number of nitrogens with two attached hydrogens (primary N) is 1. The average molecular weight is 229 g/mol. The van der Waals surface area contributed by atoms with Crippen LogP contribution in [-0.4, -0.2) is 11.1 Å². The second kappa shape index (κ2) is 4.76. The smallest absolute Gasteiger partial charge is 0.119 e. The van der Waals surface area contributed by atoms with E-state index in [9.17, 15) is 5.11 Å². The second-order valence-corrected chi connectivity index (χ2v) is 4.90. The summed E-state index contributed by atoms with van der Waals surface area (Å²) in [6.45, 7) is 4.21. The van der Waals surface area contributed by atoms with E-state index in [0.717, 1.165) is 16.3 Å². The van der Waals surface area contributed by atoms with Crippen LogP contribution in [0.2, 0.25) is 0 Å². The zero-order chi connectivity index (χ0) is 12.4. The van der Waals surface area contributed by atoms with E-state index in [1.54, 1.807) is 6.07 Å². The van der Waals surface area contributed by atoms with Crippen molar-refractivity contribution < 1.29 is 5.11 Å². The molecule has 0 aromatic heterocycles. The first-order chi connectivity index (χ1) is 8.09. The van der Waals surface area contributed by atoms with Gasteiger partial charge in [0.1, 0.15) is 5.75 Å². The van der Waals surface area contributed by atoms with Gasteiger partial charge in [0.25, 0.3) is 0 Å². The van der Waals surface area contributed by atoms with Crippen LogP contribution >= 0.6 is 0 Å². The molecule has 0 spiro atoms. The molecule has 0 heterocycles. The van der Waals surface area contributed by atoms with Crippen molar-refractivity contribution in [3.63, 3.8) is 0 Å². The average Bonchev–Trinajstić information content (AvgIpc) is 2.32. The molecule has 2 aromatic carbocycles. The van der Waals surface area contributed by atoms with Gasteiger partial charge in [0.2, 0.25) is 0 Å². The van der Waals surface area contributed by atoms with E-state index in [1.165, 1.54) is 0 Å². The van der Waals surface area contributed by atoms with Gasteiger partial charge in [-0.15, -0.1) is 0 Å². The largest absolute Gasteiger partial charge is 0.508 e. The number of benzene rings is 2. The molecule has 0 fully saturated rings. The van der Waals surface area contributed by atoms with Crippen LogP contribution in [0, 0.1) is 5.92 Å². The first kappa shape index (κ1) is 11.9. The quantitative estimate of drug-likeness (QED) is 0.849. The lowest BCUT2D eigenvalue weighted by Crippen LogP contribution is -2.28. The van der Waals surface area contributed by atoms with Gasteiger partial charge in [-0.3, -0.25) is 0 Å². The summed E-state index contributed by atoms with van der Waals surface area (Å²) >= 11 is 0. The summed E-state index contributed by atoms with van der Waals surface area (Å²) in [5, 5.41) is 12.2. The molecule has 0 aliphatic rings. The SMILES string of the molecule is CC(C)C(N)Cc1c(O)ccc2ccccc12. The van der Waals surface area contributed by atoms with Crippen LogP contribution in [0.25, 0.3) is 10.8 Å². The van der Waals surface area contributed by atoms with Gasteiger partial charge in [0.05, 0.1) is 0 Å². The fourth-order valence-corrected chi connectivity index (χ4v) is 2.01. The minimum Gasteiger partial charge on any atom is -0.508 e. The van der Waals surface area contributed by atoms with Crippen molar-refractivity contribution >= 4 is 10.8 Å². The van der Waals surface area contributed by atoms with Gasteiger partial charge in [-0.1, -0.05) is 44.2 Å². The molecule has 0 saturated carbocycles. The predicted molar refractivity (Wildman–Crippen MR) is 72.1 cm³/mol. The summed E-state index contributed by atoms with van der Waals surface area (Å²) in [5.41, 5.74) is 7.06. The lowest BCUT2D eigenvalue weighted by atomic mass is 9.93. The Labute approximate surface area is 102 Å². The zero-order valence-electron chi connectivity index (χ0n) is 10.4. The highest BCUT2D eigenvalue weighted by Crippen LogP contribution is 2.28. The highest BCUT2D eigenvalue weighted by atomic mass is 16.3. The Balaban J connectivity index is 2.48. The fourth-order valence-electron chi connectivity index (χ4n) is 2.01. The Bertz CT molecular complexity index is 519. The lowest BCUT2D eigenvalue weighted by Gasteiger charge is -2.17. The molecule has 0 saturated heterocycles. The summed E-state index contributed by atoms with van der Waals surface area (Å²) < 4.78 is 0. The molecular weight excluding hydrogens is 210 g/mol. The van der Waals surface area contributed by atoms with Crippen molar-refractivity contribution in [1.82, 2.24) is 0 Å². The molecule has 2 rings (SSSR count). The fraction of sp³-hybridized carbons (Fsp3) is 0.333. The standard InChI is InChI=1S/C15H19NO/c1-10(2)14(16)9-13-12-6-4-3-5-11(12)7-8-15(13)17/h3-8,10,14,17H,9,16H2,1-2H3. The Morgan fingerprint density at radius 3 is 2.53 bits per heavy atom. The van der Waals surface area contributed by atoms with Crippen LogP contribution in [0.15, 0.2) is 36.4 Å². The molecule has 2 aromatic rings. The maximum Gasteiger partial charge on any atom is 0.119 e. The third-order valence-corrected chi connectivity index (χ3v) is 3.31. The van der Waals surface area contributed by atoms with Gasteiger partial charge >= 0.3 is 0 Å². The van der Waals surface area contributed by atoms with Crippen LogP contribution < -0.4 is 5.73 Å². The minimum absolute atomic E-state index is 0.0757. The number of phenolic OH excluding ortho intramolecular Hbond substituents is 1. The monoisotopic (exact) mass is 229 g/mol. The normalized spacial score (nSPS) is 13.2. The number of rotatable bonds is 3. The maximum absolute atomic E-state index is 9.98. The molecule has 3 N–H and O–H groups in total. The molecule has 0 aliphatic carbocycles. The van der Waals surface area contributed by atoms with Crippen LogP contribution in [-0.2, 0) is 6.42 Å². The molecule has 0 aliphatic heterocycles. The number of hydrogen-bond donors (Lipinski definition) is 2. The summed E-state index contributed by atoms with van der Waals surface area (Å²) in [5.74, 6) is 0.758. The third-order valence-electron chi connectivity index (χ3n) is 3.31. The molecular formula is C15H19NO. The molecule has 1 unspecified atom stereocenters. The van der Waals surface area contributed by atoms with E-state index >= 15 is 0 Å². The van der Waals surface area contributed by atoms with Crippen molar-refractivity contribution in [2.75, 3.05) is 0 Å². The molecule has 0 amide bonds. The van der Waals surface area contributed by atoms with Crippen molar-refractivity contribution in [3.05, 3.63) is 42.0 Å². The summed E-state index contributed by atoms with van der Waals surface area (Å²) in [6, 6.07) is 11.9. The van der Waals surface area contributed by atoms with Gasteiger partial charge in [-0.2, -0.15) is 0 Å². The van der Waals surface area contributed by atoms with Gasteiger partial charge in [0, 0.05) is 11.6 Å². The molecule has 17 heavy (non-hydrogen) atoms. The van der Waals surface area contributed by atoms with E-state index in [4.69, 9.17) is 5.73 Å².